The van der Waals surface area contributed by atoms with Crippen LogP contribution in [-0.4, -0.2) is 20.9 Å². The highest BCUT2D eigenvalue weighted by atomic mass is 16.4. The molecule has 0 aliphatic heterocycles. The molecule has 1 N–H and O–H groups in total. The predicted octanol–water partition coefficient (Wildman–Crippen LogP) is 2.44. The van der Waals surface area contributed by atoms with E-state index in [1.807, 2.05) is 12.3 Å². The molecule has 4 fully saturated rings. The van der Waals surface area contributed by atoms with E-state index in [9.17, 15) is 4.79 Å². The van der Waals surface area contributed by atoms with Crippen molar-refractivity contribution in [3.8, 4) is 0 Å². The fourth-order valence-electron chi connectivity index (χ4n) is 5.22. The molecule has 4 nitrogen and oxygen atoms in total. The molecule has 1 aromatic heterocycles. The maximum Gasteiger partial charge on any atom is 0.309 e. The lowest BCUT2D eigenvalue weighted by atomic mass is 9.53. The number of carbonyl (C=O) groups is 1. The molecule has 0 amide bonds. The Morgan fingerprint density at radius 1 is 1.26 bits per heavy atom. The molecule has 0 atom stereocenters. The van der Waals surface area contributed by atoms with Crippen molar-refractivity contribution in [1.82, 2.24) is 9.78 Å². The number of rotatable bonds is 3. The van der Waals surface area contributed by atoms with E-state index in [0.717, 1.165) is 17.8 Å². The molecule has 102 valence electrons. The highest BCUT2D eigenvalue weighted by Crippen LogP contribution is 2.58. The molecule has 0 radical (unpaired) electrons. The summed E-state index contributed by atoms with van der Waals surface area (Å²) in [5.41, 5.74) is 0.911. The van der Waals surface area contributed by atoms with Gasteiger partial charge in [0.05, 0.1) is 17.7 Å². The number of nitrogens with zero attached hydrogens (tertiary/aromatic N) is 2. The van der Waals surface area contributed by atoms with E-state index in [1.54, 1.807) is 0 Å². The summed E-state index contributed by atoms with van der Waals surface area (Å²) in [6.45, 7) is 0. The Balaban J connectivity index is 1.64. The molecule has 4 bridgehead atoms. The average Bonchev–Trinajstić information content (AvgIpc) is 2.75. The zero-order chi connectivity index (χ0) is 13.0. The molecule has 4 aliphatic carbocycles. The third-order valence-electron chi connectivity index (χ3n) is 5.47. The zero-order valence-corrected chi connectivity index (χ0v) is 11.1. The minimum Gasteiger partial charge on any atom is -0.481 e. The van der Waals surface area contributed by atoms with E-state index < -0.39 is 5.97 Å². The first-order valence-electron chi connectivity index (χ1n) is 7.40. The van der Waals surface area contributed by atoms with Gasteiger partial charge in [-0.25, -0.2) is 0 Å². The van der Waals surface area contributed by atoms with Gasteiger partial charge in [0.25, 0.3) is 0 Å². The smallest absolute Gasteiger partial charge is 0.309 e. The van der Waals surface area contributed by atoms with Crippen LogP contribution in [0.4, 0.5) is 0 Å². The molecule has 1 heterocycles. The topological polar surface area (TPSA) is 55.1 Å². The fraction of sp³-hybridized carbons (Fsp3) is 0.733. The van der Waals surface area contributed by atoms with Gasteiger partial charge in [-0.2, -0.15) is 5.10 Å². The first-order valence-corrected chi connectivity index (χ1v) is 7.40. The average molecular weight is 260 g/mol. The van der Waals surface area contributed by atoms with Crippen LogP contribution in [0.1, 0.15) is 44.2 Å². The summed E-state index contributed by atoms with van der Waals surface area (Å²) >= 11 is 0. The van der Waals surface area contributed by atoms with Gasteiger partial charge >= 0.3 is 5.97 Å². The summed E-state index contributed by atoms with van der Waals surface area (Å²) in [6, 6.07) is 1.88. The number of hydrogen-bond acceptors (Lipinski definition) is 2. The summed E-state index contributed by atoms with van der Waals surface area (Å²) < 4.78 is 2.12. The van der Waals surface area contributed by atoms with E-state index in [-0.39, 0.29) is 12.0 Å². The Bertz CT molecular complexity index is 485. The monoisotopic (exact) mass is 260 g/mol. The van der Waals surface area contributed by atoms with Crippen molar-refractivity contribution in [2.24, 2.45) is 17.8 Å². The standard InChI is InChI=1S/C15H20N2O2/c18-14(19)6-13-1-2-17(16-13)15-7-10-3-11(8-15)5-12(4-10)9-15/h1-2,10-12H,3-9H2,(H,18,19). The Morgan fingerprint density at radius 3 is 2.37 bits per heavy atom. The van der Waals surface area contributed by atoms with Crippen molar-refractivity contribution in [3.63, 3.8) is 0 Å². The maximum absolute atomic E-state index is 10.8. The van der Waals surface area contributed by atoms with Crippen molar-refractivity contribution < 1.29 is 9.90 Å². The molecule has 1 aromatic rings. The van der Waals surface area contributed by atoms with Crippen LogP contribution in [0.25, 0.3) is 0 Å². The van der Waals surface area contributed by atoms with Crippen molar-refractivity contribution in [1.29, 1.82) is 0 Å². The van der Waals surface area contributed by atoms with Crippen LogP contribution in [0.5, 0.6) is 0 Å². The lowest BCUT2D eigenvalue weighted by Gasteiger charge is -2.56. The molecule has 4 aliphatic rings. The van der Waals surface area contributed by atoms with Crippen LogP contribution >= 0.6 is 0 Å². The van der Waals surface area contributed by atoms with Crippen molar-refractivity contribution in [2.75, 3.05) is 0 Å². The molecular formula is C15H20N2O2. The molecule has 5 rings (SSSR count). The van der Waals surface area contributed by atoms with Gasteiger partial charge in [-0.15, -0.1) is 0 Å². The van der Waals surface area contributed by atoms with E-state index in [0.29, 0.717) is 5.69 Å². The van der Waals surface area contributed by atoms with Gasteiger partial charge in [-0.05, 0) is 62.3 Å². The van der Waals surface area contributed by atoms with Gasteiger partial charge < -0.3 is 5.11 Å². The van der Waals surface area contributed by atoms with Gasteiger partial charge in [0, 0.05) is 6.20 Å². The van der Waals surface area contributed by atoms with Crippen molar-refractivity contribution in [2.45, 2.75) is 50.5 Å². The molecular weight excluding hydrogens is 240 g/mol. The Kier molecular flexibility index (Phi) is 2.32. The summed E-state index contributed by atoms with van der Waals surface area (Å²) in [5.74, 6) is 1.87. The number of carboxylic acids is 1. The molecule has 4 heteroatoms. The largest absolute Gasteiger partial charge is 0.481 e. The Morgan fingerprint density at radius 2 is 1.84 bits per heavy atom. The van der Waals surface area contributed by atoms with Crippen LogP contribution in [0.2, 0.25) is 0 Å². The second-order valence-electron chi connectivity index (χ2n) is 6.96. The number of aliphatic carboxylic acids is 1. The van der Waals surface area contributed by atoms with Crippen LogP contribution in [0.3, 0.4) is 0 Å². The fourth-order valence-corrected chi connectivity index (χ4v) is 5.22. The summed E-state index contributed by atoms with van der Waals surface area (Å²) in [4.78, 5) is 10.8. The van der Waals surface area contributed by atoms with Gasteiger partial charge in [-0.3, -0.25) is 9.48 Å². The maximum atomic E-state index is 10.8. The first kappa shape index (κ1) is 11.5. The normalized spacial score (nSPS) is 39.7. The summed E-state index contributed by atoms with van der Waals surface area (Å²) in [6.07, 6.45) is 10.1. The lowest BCUT2D eigenvalue weighted by molar-refractivity contribution is -0.136. The molecule has 0 aromatic carbocycles. The van der Waals surface area contributed by atoms with Gasteiger partial charge in [-0.1, -0.05) is 0 Å². The summed E-state index contributed by atoms with van der Waals surface area (Å²) in [7, 11) is 0. The van der Waals surface area contributed by atoms with Crippen LogP contribution in [0.15, 0.2) is 12.3 Å². The van der Waals surface area contributed by atoms with Crippen molar-refractivity contribution >= 4 is 5.97 Å². The second-order valence-corrected chi connectivity index (χ2v) is 6.96. The van der Waals surface area contributed by atoms with Crippen LogP contribution in [-0.2, 0) is 16.8 Å². The van der Waals surface area contributed by atoms with Crippen molar-refractivity contribution in [3.05, 3.63) is 18.0 Å². The SMILES string of the molecule is O=C(O)Cc1ccn(C23CC4CC(CC(C4)C2)C3)n1. The lowest BCUT2D eigenvalue weighted by Crippen LogP contribution is -2.52. The number of carboxylic acid groups (broad SMARTS) is 1. The van der Waals surface area contributed by atoms with Gasteiger partial charge in [0.1, 0.15) is 0 Å². The molecule has 0 spiro atoms. The van der Waals surface area contributed by atoms with Crippen LogP contribution in [0, 0.1) is 17.8 Å². The second kappa shape index (κ2) is 3.84. The highest BCUT2D eigenvalue weighted by molar-refractivity contribution is 5.69. The highest BCUT2D eigenvalue weighted by Gasteiger charge is 2.52. The number of aromatic nitrogens is 2. The van der Waals surface area contributed by atoms with Gasteiger partial charge in [0.15, 0.2) is 0 Å². The summed E-state index contributed by atoms with van der Waals surface area (Å²) in [5, 5.41) is 13.4. The van der Waals surface area contributed by atoms with E-state index in [1.165, 1.54) is 38.5 Å². The van der Waals surface area contributed by atoms with E-state index >= 15 is 0 Å². The quantitative estimate of drug-likeness (QED) is 0.908. The Hall–Kier alpha value is -1.32. The molecule has 0 unspecified atom stereocenters. The first-order chi connectivity index (χ1) is 9.13. The molecule has 4 saturated carbocycles. The predicted molar refractivity (Wildman–Crippen MR) is 69.7 cm³/mol. The third kappa shape index (κ3) is 1.80. The van der Waals surface area contributed by atoms with Crippen LogP contribution < -0.4 is 0 Å². The van der Waals surface area contributed by atoms with E-state index in [2.05, 4.69) is 9.78 Å². The third-order valence-corrected chi connectivity index (χ3v) is 5.47. The van der Waals surface area contributed by atoms with E-state index in [4.69, 9.17) is 5.11 Å². The molecule has 19 heavy (non-hydrogen) atoms. The minimum atomic E-state index is -0.796. The minimum absolute atomic E-state index is 0.0410. The molecule has 0 saturated heterocycles. The Labute approximate surface area is 112 Å². The number of hydrogen-bond donors (Lipinski definition) is 1. The zero-order valence-electron chi connectivity index (χ0n) is 11.1. The van der Waals surface area contributed by atoms with Gasteiger partial charge in [0.2, 0.25) is 0 Å².